The van der Waals surface area contributed by atoms with Crippen molar-refractivity contribution in [2.45, 2.75) is 12.3 Å². The van der Waals surface area contributed by atoms with E-state index in [9.17, 15) is 22.8 Å². The third-order valence-electron chi connectivity index (χ3n) is 6.13. The first kappa shape index (κ1) is 24.5. The fraction of sp³-hybridized carbons (Fsp3) is 0.185. The van der Waals surface area contributed by atoms with Gasteiger partial charge in [-0.1, -0.05) is 24.3 Å². The van der Waals surface area contributed by atoms with E-state index in [2.05, 4.69) is 15.3 Å². The number of benzene rings is 3. The summed E-state index contributed by atoms with van der Waals surface area (Å²) in [6.07, 6.45) is -3.31. The highest BCUT2D eigenvalue weighted by molar-refractivity contribution is 6.10. The minimum Gasteiger partial charge on any atom is -0.369 e. The lowest BCUT2D eigenvalue weighted by Crippen LogP contribution is -2.33. The predicted octanol–water partition coefficient (Wildman–Crippen LogP) is 4.31. The Balaban J connectivity index is 1.47. The molecule has 1 atom stereocenters. The minimum atomic E-state index is -4.73. The number of fused-ring (bicyclic) bond motifs is 1. The van der Waals surface area contributed by atoms with Crippen molar-refractivity contribution in [3.8, 4) is 11.1 Å². The first-order valence-electron chi connectivity index (χ1n) is 11.5. The highest BCUT2D eigenvalue weighted by Crippen LogP contribution is 2.38. The number of nitrogens with two attached hydrogens (primary N) is 1. The maximum absolute atomic E-state index is 13.8. The third-order valence-corrected chi connectivity index (χ3v) is 6.13. The van der Waals surface area contributed by atoms with Crippen LogP contribution in [0, 0.1) is 0 Å². The summed E-state index contributed by atoms with van der Waals surface area (Å²) in [6.45, 7) is 1.99. The van der Waals surface area contributed by atoms with Crippen LogP contribution < -0.4 is 11.1 Å². The molecule has 3 aromatic carbocycles. The number of nitrogens with zero attached hydrogens (tertiary/aromatic N) is 2. The van der Waals surface area contributed by atoms with Crippen molar-refractivity contribution >= 4 is 22.7 Å². The van der Waals surface area contributed by atoms with Gasteiger partial charge in [-0.05, 0) is 47.5 Å². The van der Waals surface area contributed by atoms with E-state index in [0.717, 1.165) is 12.6 Å². The number of ketones is 1. The maximum atomic E-state index is 13.8. The highest BCUT2D eigenvalue weighted by atomic mass is 19.4. The average Bonchev–Trinajstić information content (AvgIpc) is 2.91. The molecule has 188 valence electrons. The largest absolute Gasteiger partial charge is 0.417 e. The number of primary amides is 1. The number of nitrogens with one attached hydrogen (secondary N) is 1. The number of morpholine rings is 1. The van der Waals surface area contributed by atoms with Crippen molar-refractivity contribution in [3.05, 3.63) is 94.8 Å². The smallest absolute Gasteiger partial charge is 0.369 e. The summed E-state index contributed by atoms with van der Waals surface area (Å²) in [7, 11) is 0. The van der Waals surface area contributed by atoms with Crippen LogP contribution in [0.15, 0.2) is 66.9 Å². The van der Waals surface area contributed by atoms with Crippen LogP contribution in [0.4, 0.5) is 13.2 Å². The Labute approximate surface area is 209 Å². The molecular weight excluding hydrogens is 485 g/mol. The molecule has 1 aliphatic heterocycles. The van der Waals surface area contributed by atoms with Gasteiger partial charge in [0.05, 0.1) is 35.1 Å². The molecule has 0 spiro atoms. The Kier molecular flexibility index (Phi) is 6.45. The Morgan fingerprint density at radius 3 is 2.49 bits per heavy atom. The first-order chi connectivity index (χ1) is 17.7. The standard InChI is InChI=1S/C27H21F3N4O3/c28-27(29,30)20-11-18(26(31)36)4-6-19(20)15-2-1-3-16(10-15)25(35)17-5-7-21-22(12-17)33-13-23(34-21)24-14-32-8-9-37-24/h1-7,10-13,24,32H,8-9,14H2,(H2,31,36). The molecule has 0 saturated carbocycles. The zero-order valence-electron chi connectivity index (χ0n) is 19.4. The number of carbonyl (C=O) groups excluding carboxylic acids is 2. The number of carbonyl (C=O) groups is 2. The molecule has 4 aromatic rings. The van der Waals surface area contributed by atoms with Crippen molar-refractivity contribution < 1.29 is 27.5 Å². The van der Waals surface area contributed by atoms with Gasteiger partial charge in [-0.25, -0.2) is 4.98 Å². The monoisotopic (exact) mass is 506 g/mol. The molecule has 1 saturated heterocycles. The predicted molar refractivity (Wildman–Crippen MR) is 130 cm³/mol. The van der Waals surface area contributed by atoms with Crippen molar-refractivity contribution in [3.63, 3.8) is 0 Å². The molecule has 1 unspecified atom stereocenters. The summed E-state index contributed by atoms with van der Waals surface area (Å²) < 4.78 is 47.0. The second-order valence-electron chi connectivity index (χ2n) is 8.59. The summed E-state index contributed by atoms with van der Waals surface area (Å²) >= 11 is 0. The molecule has 1 aromatic heterocycles. The number of aromatic nitrogens is 2. The summed E-state index contributed by atoms with van der Waals surface area (Å²) in [6, 6.07) is 13.9. The number of ether oxygens (including phenoxy) is 1. The van der Waals surface area contributed by atoms with Crippen LogP contribution in [0.2, 0.25) is 0 Å². The molecule has 0 aliphatic carbocycles. The maximum Gasteiger partial charge on any atom is 0.417 e. The average molecular weight is 506 g/mol. The van der Waals surface area contributed by atoms with Crippen LogP contribution in [0.1, 0.15) is 43.6 Å². The number of rotatable bonds is 5. The second-order valence-corrected chi connectivity index (χ2v) is 8.59. The zero-order valence-corrected chi connectivity index (χ0v) is 19.4. The molecule has 10 heteroatoms. The molecule has 1 fully saturated rings. The molecule has 37 heavy (non-hydrogen) atoms. The normalized spacial score (nSPS) is 16.0. The number of halogens is 3. The SMILES string of the molecule is NC(=O)c1ccc(-c2cccc(C(=O)c3ccc4nc(C5CNCCO5)cnc4c3)c2)c(C(F)(F)F)c1. The molecule has 1 amide bonds. The van der Waals surface area contributed by atoms with Crippen LogP contribution in [0.5, 0.6) is 0 Å². The number of hydrogen-bond acceptors (Lipinski definition) is 6. The van der Waals surface area contributed by atoms with Gasteiger partial charge in [-0.3, -0.25) is 14.6 Å². The fourth-order valence-corrected chi connectivity index (χ4v) is 4.26. The van der Waals surface area contributed by atoms with Gasteiger partial charge < -0.3 is 15.8 Å². The number of hydrogen-bond donors (Lipinski definition) is 2. The van der Waals surface area contributed by atoms with E-state index in [0.29, 0.717) is 35.4 Å². The van der Waals surface area contributed by atoms with Crippen LogP contribution >= 0.6 is 0 Å². The van der Waals surface area contributed by atoms with Gasteiger partial charge in [-0.2, -0.15) is 13.2 Å². The number of alkyl halides is 3. The molecule has 2 heterocycles. The summed E-state index contributed by atoms with van der Waals surface area (Å²) in [5.74, 6) is -1.34. The highest BCUT2D eigenvalue weighted by Gasteiger charge is 2.34. The van der Waals surface area contributed by atoms with Gasteiger partial charge in [0.1, 0.15) is 6.10 Å². The summed E-state index contributed by atoms with van der Waals surface area (Å²) in [5, 5.41) is 3.24. The topological polar surface area (TPSA) is 107 Å². The van der Waals surface area contributed by atoms with Crippen LogP contribution in [-0.4, -0.2) is 41.4 Å². The third kappa shape index (κ3) is 5.07. The van der Waals surface area contributed by atoms with Crippen LogP contribution in [0.3, 0.4) is 0 Å². The van der Waals surface area contributed by atoms with Gasteiger partial charge in [-0.15, -0.1) is 0 Å². The molecule has 5 rings (SSSR count). The zero-order chi connectivity index (χ0) is 26.2. The Morgan fingerprint density at radius 2 is 1.76 bits per heavy atom. The Morgan fingerprint density at radius 1 is 0.973 bits per heavy atom. The van der Waals surface area contributed by atoms with Crippen molar-refractivity contribution in [1.29, 1.82) is 0 Å². The van der Waals surface area contributed by atoms with Gasteiger partial charge in [0.15, 0.2) is 5.78 Å². The summed E-state index contributed by atoms with van der Waals surface area (Å²) in [4.78, 5) is 33.7. The van der Waals surface area contributed by atoms with Gasteiger partial charge in [0.2, 0.25) is 5.91 Å². The summed E-state index contributed by atoms with van der Waals surface area (Å²) in [5.41, 5.74) is 6.23. The van der Waals surface area contributed by atoms with E-state index in [1.165, 1.54) is 36.4 Å². The molecule has 3 N–H and O–H groups in total. The van der Waals surface area contributed by atoms with Crippen LogP contribution in [-0.2, 0) is 10.9 Å². The Bertz CT molecular complexity index is 1510. The van der Waals surface area contributed by atoms with Crippen molar-refractivity contribution in [2.75, 3.05) is 19.7 Å². The first-order valence-corrected chi connectivity index (χ1v) is 11.5. The van der Waals surface area contributed by atoms with Gasteiger partial charge in [0, 0.05) is 29.8 Å². The Hall–Kier alpha value is -4.15. The molecule has 0 bridgehead atoms. The molecular formula is C27H21F3N4O3. The van der Waals surface area contributed by atoms with E-state index >= 15 is 0 Å². The quantitative estimate of drug-likeness (QED) is 0.391. The van der Waals surface area contributed by atoms with Crippen molar-refractivity contribution in [1.82, 2.24) is 15.3 Å². The van der Waals surface area contributed by atoms with E-state index in [1.807, 2.05) is 0 Å². The lowest BCUT2D eigenvalue weighted by atomic mass is 9.94. The van der Waals surface area contributed by atoms with Gasteiger partial charge in [0.25, 0.3) is 0 Å². The van der Waals surface area contributed by atoms with E-state index < -0.39 is 17.6 Å². The van der Waals surface area contributed by atoms with Gasteiger partial charge >= 0.3 is 6.18 Å². The lowest BCUT2D eigenvalue weighted by Gasteiger charge is -2.22. The van der Waals surface area contributed by atoms with E-state index in [-0.39, 0.29) is 34.1 Å². The fourth-order valence-electron chi connectivity index (χ4n) is 4.26. The number of amides is 1. The molecule has 1 aliphatic rings. The molecule has 0 radical (unpaired) electrons. The molecule has 7 nitrogen and oxygen atoms in total. The van der Waals surface area contributed by atoms with Crippen LogP contribution in [0.25, 0.3) is 22.2 Å². The van der Waals surface area contributed by atoms with Crippen molar-refractivity contribution in [2.24, 2.45) is 5.73 Å². The lowest BCUT2D eigenvalue weighted by molar-refractivity contribution is -0.137. The minimum absolute atomic E-state index is 0.163. The van der Waals surface area contributed by atoms with E-state index in [4.69, 9.17) is 10.5 Å². The second kappa shape index (κ2) is 9.72. The van der Waals surface area contributed by atoms with E-state index in [1.54, 1.807) is 24.4 Å².